The predicted octanol–water partition coefficient (Wildman–Crippen LogP) is -0.881. The minimum absolute atomic E-state index is 0.107. The van der Waals surface area contributed by atoms with Crippen LogP contribution in [0.4, 0.5) is 4.79 Å². The first-order chi connectivity index (χ1) is 8.88. The first-order valence-electron chi connectivity index (χ1n) is 6.02. The maximum Gasteiger partial charge on any atom is 0.326 e. The van der Waals surface area contributed by atoms with E-state index in [4.69, 9.17) is 15.9 Å². The van der Waals surface area contributed by atoms with Crippen molar-refractivity contribution >= 4 is 17.9 Å². The quantitative estimate of drug-likeness (QED) is 0.405. The Kier molecular flexibility index (Phi) is 8.27. The normalized spacial score (nSPS) is 11.7. The van der Waals surface area contributed by atoms with Gasteiger partial charge in [0.05, 0.1) is 6.42 Å². The third-order valence-electron chi connectivity index (χ3n) is 2.50. The molecule has 0 saturated heterocycles. The van der Waals surface area contributed by atoms with E-state index in [-0.39, 0.29) is 6.61 Å². The van der Waals surface area contributed by atoms with Crippen molar-refractivity contribution in [2.24, 2.45) is 5.73 Å². The average Bonchev–Trinajstić information content (AvgIpc) is 2.32. The van der Waals surface area contributed by atoms with E-state index in [1.54, 1.807) is 0 Å². The SMILES string of the molecule is CN(CCCCCO)C(=O)N[C@@H](CC(N)=O)C(=O)O. The van der Waals surface area contributed by atoms with Crippen LogP contribution < -0.4 is 11.1 Å². The molecular weight excluding hydrogens is 254 g/mol. The number of aliphatic hydroxyl groups is 1. The number of carbonyl (C=O) groups is 3. The van der Waals surface area contributed by atoms with Crippen molar-refractivity contribution in [1.29, 1.82) is 0 Å². The van der Waals surface area contributed by atoms with Gasteiger partial charge in [0, 0.05) is 20.2 Å². The number of amides is 3. The molecule has 8 heteroatoms. The number of hydrogen-bond donors (Lipinski definition) is 4. The Hall–Kier alpha value is -1.83. The lowest BCUT2D eigenvalue weighted by atomic mass is 10.2. The first-order valence-corrected chi connectivity index (χ1v) is 6.02. The molecule has 0 radical (unpaired) electrons. The van der Waals surface area contributed by atoms with Gasteiger partial charge in [-0.3, -0.25) is 4.79 Å². The number of nitrogens with one attached hydrogen (secondary N) is 1. The summed E-state index contributed by atoms with van der Waals surface area (Å²) in [5.41, 5.74) is 4.91. The fraction of sp³-hybridized carbons (Fsp3) is 0.727. The summed E-state index contributed by atoms with van der Waals surface area (Å²) >= 11 is 0. The molecule has 5 N–H and O–H groups in total. The molecule has 0 bridgehead atoms. The van der Waals surface area contributed by atoms with Gasteiger partial charge in [-0.1, -0.05) is 0 Å². The monoisotopic (exact) mass is 275 g/mol. The molecule has 0 aromatic rings. The van der Waals surface area contributed by atoms with Crippen LogP contribution in [0.5, 0.6) is 0 Å². The van der Waals surface area contributed by atoms with Crippen molar-refractivity contribution < 1.29 is 24.6 Å². The van der Waals surface area contributed by atoms with Gasteiger partial charge in [0.15, 0.2) is 0 Å². The lowest BCUT2D eigenvalue weighted by molar-refractivity contribution is -0.140. The second-order valence-electron chi connectivity index (χ2n) is 4.22. The summed E-state index contributed by atoms with van der Waals surface area (Å²) in [5.74, 6) is -2.10. The minimum atomic E-state index is -1.31. The zero-order valence-electron chi connectivity index (χ0n) is 11.0. The molecule has 0 aliphatic heterocycles. The highest BCUT2D eigenvalue weighted by atomic mass is 16.4. The Morgan fingerprint density at radius 2 is 1.89 bits per heavy atom. The standard InChI is InChI=1S/C11H21N3O5/c1-14(5-3-2-4-6-15)11(19)13-8(10(17)18)7-9(12)16/h8,15H,2-7H2,1H3,(H2,12,16)(H,13,19)(H,17,18)/t8-/m0/s1. The van der Waals surface area contributed by atoms with E-state index in [2.05, 4.69) is 5.32 Å². The number of urea groups is 1. The molecule has 0 saturated carbocycles. The topological polar surface area (TPSA) is 133 Å². The van der Waals surface area contributed by atoms with Crippen LogP contribution in [0.2, 0.25) is 0 Å². The van der Waals surface area contributed by atoms with E-state index < -0.39 is 30.4 Å². The maximum absolute atomic E-state index is 11.7. The van der Waals surface area contributed by atoms with Gasteiger partial charge in [-0.2, -0.15) is 0 Å². The Morgan fingerprint density at radius 3 is 2.37 bits per heavy atom. The van der Waals surface area contributed by atoms with E-state index in [0.717, 1.165) is 6.42 Å². The van der Waals surface area contributed by atoms with Crippen LogP contribution in [0, 0.1) is 0 Å². The Morgan fingerprint density at radius 1 is 1.26 bits per heavy atom. The van der Waals surface area contributed by atoms with Crippen molar-refractivity contribution in [3.63, 3.8) is 0 Å². The van der Waals surface area contributed by atoms with Gasteiger partial charge < -0.3 is 26.2 Å². The van der Waals surface area contributed by atoms with E-state index in [9.17, 15) is 14.4 Å². The molecule has 0 aromatic heterocycles. The van der Waals surface area contributed by atoms with Crippen molar-refractivity contribution in [3.05, 3.63) is 0 Å². The van der Waals surface area contributed by atoms with E-state index in [1.807, 2.05) is 0 Å². The average molecular weight is 275 g/mol. The van der Waals surface area contributed by atoms with E-state index in [1.165, 1.54) is 11.9 Å². The Bertz CT molecular complexity index is 321. The van der Waals surface area contributed by atoms with Crippen LogP contribution in [-0.2, 0) is 9.59 Å². The first kappa shape index (κ1) is 17.2. The summed E-state index contributed by atoms with van der Waals surface area (Å²) in [6.07, 6.45) is 1.70. The molecule has 19 heavy (non-hydrogen) atoms. The molecule has 0 rings (SSSR count). The van der Waals surface area contributed by atoms with Crippen LogP contribution in [0.25, 0.3) is 0 Å². The summed E-state index contributed by atoms with van der Waals surface area (Å²) < 4.78 is 0. The summed E-state index contributed by atoms with van der Waals surface area (Å²) in [5, 5.41) is 19.7. The number of unbranched alkanes of at least 4 members (excludes halogenated alkanes) is 2. The van der Waals surface area contributed by atoms with Gasteiger partial charge in [0.1, 0.15) is 6.04 Å². The highest BCUT2D eigenvalue weighted by Crippen LogP contribution is 1.99. The van der Waals surface area contributed by atoms with Crippen molar-refractivity contribution in [1.82, 2.24) is 10.2 Å². The van der Waals surface area contributed by atoms with Crippen LogP contribution in [0.1, 0.15) is 25.7 Å². The summed E-state index contributed by atoms with van der Waals surface area (Å²) in [6.45, 7) is 0.546. The number of rotatable bonds is 9. The Balaban J connectivity index is 4.16. The van der Waals surface area contributed by atoms with Crippen LogP contribution in [-0.4, -0.2) is 59.3 Å². The number of aliphatic carboxylic acids is 1. The zero-order chi connectivity index (χ0) is 14.8. The molecule has 0 fully saturated rings. The van der Waals surface area contributed by atoms with E-state index in [0.29, 0.717) is 19.4 Å². The van der Waals surface area contributed by atoms with Crippen molar-refractivity contribution in [2.45, 2.75) is 31.7 Å². The second-order valence-corrected chi connectivity index (χ2v) is 4.22. The fourth-order valence-electron chi connectivity index (χ4n) is 1.40. The van der Waals surface area contributed by atoms with Gasteiger partial charge in [-0.25, -0.2) is 9.59 Å². The number of carboxylic acids is 1. The minimum Gasteiger partial charge on any atom is -0.480 e. The molecule has 0 heterocycles. The second kappa shape index (κ2) is 9.15. The molecule has 1 atom stereocenters. The zero-order valence-corrected chi connectivity index (χ0v) is 11.0. The van der Waals surface area contributed by atoms with Crippen LogP contribution in [0.15, 0.2) is 0 Å². The molecule has 0 aromatic carbocycles. The molecule has 0 aliphatic carbocycles. The van der Waals surface area contributed by atoms with Crippen LogP contribution >= 0.6 is 0 Å². The molecule has 0 spiro atoms. The number of carboxylic acid groups (broad SMARTS) is 1. The summed E-state index contributed by atoms with van der Waals surface area (Å²) in [4.78, 5) is 34.5. The molecule has 3 amide bonds. The smallest absolute Gasteiger partial charge is 0.326 e. The highest BCUT2D eigenvalue weighted by molar-refractivity contribution is 5.87. The van der Waals surface area contributed by atoms with E-state index >= 15 is 0 Å². The third kappa shape index (κ3) is 7.98. The van der Waals surface area contributed by atoms with Crippen LogP contribution in [0.3, 0.4) is 0 Å². The van der Waals surface area contributed by atoms with Gasteiger partial charge >= 0.3 is 12.0 Å². The van der Waals surface area contributed by atoms with Gasteiger partial charge in [0.25, 0.3) is 0 Å². The van der Waals surface area contributed by atoms with Gasteiger partial charge in [-0.05, 0) is 19.3 Å². The number of nitrogens with two attached hydrogens (primary N) is 1. The lowest BCUT2D eigenvalue weighted by Crippen LogP contribution is -2.48. The fourth-order valence-corrected chi connectivity index (χ4v) is 1.40. The van der Waals surface area contributed by atoms with Gasteiger partial charge in [-0.15, -0.1) is 0 Å². The number of aliphatic hydroxyl groups excluding tert-OH is 1. The number of hydrogen-bond acceptors (Lipinski definition) is 4. The Labute approximate surface area is 111 Å². The van der Waals surface area contributed by atoms with Crippen molar-refractivity contribution in [3.8, 4) is 0 Å². The predicted molar refractivity (Wildman–Crippen MR) is 67.3 cm³/mol. The summed E-state index contributed by atoms with van der Waals surface area (Å²) in [7, 11) is 1.53. The third-order valence-corrected chi connectivity index (χ3v) is 2.50. The molecular formula is C11H21N3O5. The van der Waals surface area contributed by atoms with Crippen molar-refractivity contribution in [2.75, 3.05) is 20.2 Å². The number of nitrogens with zero attached hydrogens (tertiary/aromatic N) is 1. The molecule has 8 nitrogen and oxygen atoms in total. The van der Waals surface area contributed by atoms with Gasteiger partial charge in [0.2, 0.25) is 5.91 Å². The molecule has 110 valence electrons. The highest BCUT2D eigenvalue weighted by Gasteiger charge is 2.23. The lowest BCUT2D eigenvalue weighted by Gasteiger charge is -2.20. The molecule has 0 unspecified atom stereocenters. The number of primary amides is 1. The summed E-state index contributed by atoms with van der Waals surface area (Å²) in [6, 6.07) is -1.89. The maximum atomic E-state index is 11.7. The molecule has 0 aliphatic rings. The number of carbonyl (C=O) groups excluding carboxylic acids is 2. The largest absolute Gasteiger partial charge is 0.480 e.